The van der Waals surface area contributed by atoms with E-state index in [0.717, 1.165) is 41.0 Å². The number of fused-ring (bicyclic) bond motifs is 3. The minimum Gasteiger partial charge on any atom is -0.483 e. The van der Waals surface area contributed by atoms with Gasteiger partial charge in [0.05, 0.1) is 5.52 Å². The molecule has 0 spiro atoms. The van der Waals surface area contributed by atoms with Crippen LogP contribution in [0.1, 0.15) is 45.4 Å². The third-order valence-corrected chi connectivity index (χ3v) is 5.55. The SMILES string of the molecule is Cc1ccccc1[C@@H]1CCc2c(C(=O)N(C)C)cc3c(nc(C)n3C)c2O1. The summed E-state index contributed by atoms with van der Waals surface area (Å²) in [7, 11) is 5.54. The highest BCUT2D eigenvalue weighted by atomic mass is 16.5. The average molecular weight is 363 g/mol. The van der Waals surface area contributed by atoms with E-state index < -0.39 is 0 Å². The highest BCUT2D eigenvalue weighted by Crippen LogP contribution is 2.42. The van der Waals surface area contributed by atoms with E-state index in [9.17, 15) is 4.79 Å². The van der Waals surface area contributed by atoms with E-state index in [2.05, 4.69) is 19.1 Å². The number of ether oxygens (including phenoxy) is 1. The van der Waals surface area contributed by atoms with Gasteiger partial charge in [0.2, 0.25) is 0 Å². The van der Waals surface area contributed by atoms with Crippen LogP contribution < -0.4 is 4.74 Å². The van der Waals surface area contributed by atoms with Crippen molar-refractivity contribution in [3.8, 4) is 5.75 Å². The summed E-state index contributed by atoms with van der Waals surface area (Å²) in [5.74, 6) is 1.68. The van der Waals surface area contributed by atoms with Gasteiger partial charge in [0.15, 0.2) is 5.75 Å². The monoisotopic (exact) mass is 363 g/mol. The topological polar surface area (TPSA) is 47.4 Å². The molecule has 1 aliphatic rings. The second kappa shape index (κ2) is 6.41. The molecule has 5 heteroatoms. The highest BCUT2D eigenvalue weighted by molar-refractivity contribution is 6.01. The predicted molar refractivity (Wildman–Crippen MR) is 106 cm³/mol. The van der Waals surface area contributed by atoms with Gasteiger partial charge in [0, 0.05) is 32.3 Å². The second-order valence-corrected chi connectivity index (χ2v) is 7.52. The summed E-state index contributed by atoms with van der Waals surface area (Å²) in [6.07, 6.45) is 1.63. The van der Waals surface area contributed by atoms with Crippen LogP contribution in [-0.2, 0) is 13.5 Å². The van der Waals surface area contributed by atoms with Crippen LogP contribution in [0.15, 0.2) is 30.3 Å². The van der Waals surface area contributed by atoms with Crippen LogP contribution >= 0.6 is 0 Å². The fraction of sp³-hybridized carbons (Fsp3) is 0.364. The number of rotatable bonds is 2. The lowest BCUT2D eigenvalue weighted by molar-refractivity contribution is 0.0823. The molecule has 0 radical (unpaired) electrons. The number of hydrogen-bond acceptors (Lipinski definition) is 3. The van der Waals surface area contributed by atoms with Gasteiger partial charge in [0.25, 0.3) is 5.91 Å². The maximum atomic E-state index is 12.8. The summed E-state index contributed by atoms with van der Waals surface area (Å²) >= 11 is 0. The van der Waals surface area contributed by atoms with Crippen molar-refractivity contribution in [1.29, 1.82) is 0 Å². The van der Waals surface area contributed by atoms with Crippen molar-refractivity contribution in [2.45, 2.75) is 32.8 Å². The molecule has 140 valence electrons. The molecule has 0 N–H and O–H groups in total. The van der Waals surface area contributed by atoms with Crippen LogP contribution in [-0.4, -0.2) is 34.5 Å². The standard InChI is InChI=1S/C22H25N3O2/c1-13-8-6-7-9-15(13)19-11-10-16-17(22(26)24(3)4)12-18-20(21(16)27-19)23-14(2)25(18)5/h6-9,12,19H,10-11H2,1-5H3/t19-/m0/s1. The van der Waals surface area contributed by atoms with Gasteiger partial charge in [-0.25, -0.2) is 4.98 Å². The number of nitrogens with zero attached hydrogens (tertiary/aromatic N) is 3. The Bertz CT molecular complexity index is 1050. The molecule has 1 aromatic heterocycles. The Morgan fingerprint density at radius 3 is 2.70 bits per heavy atom. The third kappa shape index (κ3) is 2.78. The molecular formula is C22H25N3O2. The van der Waals surface area contributed by atoms with E-state index in [0.29, 0.717) is 5.56 Å². The summed E-state index contributed by atoms with van der Waals surface area (Å²) in [5.41, 5.74) is 5.89. The van der Waals surface area contributed by atoms with Crippen LogP contribution in [0, 0.1) is 13.8 Å². The van der Waals surface area contributed by atoms with Crippen molar-refractivity contribution in [2.75, 3.05) is 14.1 Å². The van der Waals surface area contributed by atoms with Crippen molar-refractivity contribution in [3.05, 3.63) is 58.4 Å². The zero-order valence-electron chi connectivity index (χ0n) is 16.5. The summed E-state index contributed by atoms with van der Waals surface area (Å²) in [6.45, 7) is 4.09. The normalized spacial score (nSPS) is 16.1. The Balaban J connectivity index is 1.91. The van der Waals surface area contributed by atoms with Crippen LogP contribution in [0.25, 0.3) is 11.0 Å². The van der Waals surface area contributed by atoms with Gasteiger partial charge < -0.3 is 14.2 Å². The first-order valence-electron chi connectivity index (χ1n) is 9.31. The van der Waals surface area contributed by atoms with E-state index in [1.54, 1.807) is 19.0 Å². The summed E-state index contributed by atoms with van der Waals surface area (Å²) in [6, 6.07) is 10.3. The number of imidazole rings is 1. The number of amides is 1. The van der Waals surface area contributed by atoms with Crippen LogP contribution in [0.5, 0.6) is 5.75 Å². The molecule has 0 bridgehead atoms. The lowest BCUT2D eigenvalue weighted by atomic mass is 9.91. The smallest absolute Gasteiger partial charge is 0.253 e. The highest BCUT2D eigenvalue weighted by Gasteiger charge is 2.30. The van der Waals surface area contributed by atoms with Crippen molar-refractivity contribution in [2.24, 2.45) is 7.05 Å². The second-order valence-electron chi connectivity index (χ2n) is 7.52. The van der Waals surface area contributed by atoms with E-state index >= 15 is 0 Å². The van der Waals surface area contributed by atoms with Crippen molar-refractivity contribution in [1.82, 2.24) is 14.5 Å². The molecule has 1 amide bonds. The zero-order chi connectivity index (χ0) is 19.3. The molecule has 0 saturated carbocycles. The Morgan fingerprint density at radius 1 is 1.26 bits per heavy atom. The van der Waals surface area contributed by atoms with Gasteiger partial charge in [-0.3, -0.25) is 4.79 Å². The lowest BCUT2D eigenvalue weighted by Gasteiger charge is -2.29. The van der Waals surface area contributed by atoms with Crippen molar-refractivity contribution < 1.29 is 9.53 Å². The van der Waals surface area contributed by atoms with Gasteiger partial charge >= 0.3 is 0 Å². The van der Waals surface area contributed by atoms with Gasteiger partial charge in [0.1, 0.15) is 17.4 Å². The van der Waals surface area contributed by atoms with Gasteiger partial charge in [-0.2, -0.15) is 0 Å². The quantitative estimate of drug-likeness (QED) is 0.692. The number of carbonyl (C=O) groups is 1. The molecule has 0 aliphatic carbocycles. The van der Waals surface area contributed by atoms with Crippen LogP contribution in [0.3, 0.4) is 0 Å². The summed E-state index contributed by atoms with van der Waals surface area (Å²) < 4.78 is 8.52. The molecular weight excluding hydrogens is 338 g/mol. The Labute approximate surface area is 159 Å². The minimum atomic E-state index is -0.0195. The fourth-order valence-corrected chi connectivity index (χ4v) is 3.90. The Hall–Kier alpha value is -2.82. The van der Waals surface area contributed by atoms with Crippen molar-refractivity contribution >= 4 is 16.9 Å². The molecule has 0 saturated heterocycles. The maximum Gasteiger partial charge on any atom is 0.253 e. The number of benzene rings is 2. The van der Waals surface area contributed by atoms with Crippen LogP contribution in [0.4, 0.5) is 0 Å². The Kier molecular flexibility index (Phi) is 4.17. The van der Waals surface area contributed by atoms with Gasteiger partial charge in [-0.1, -0.05) is 24.3 Å². The first kappa shape index (κ1) is 17.6. The lowest BCUT2D eigenvalue weighted by Crippen LogP contribution is -2.25. The average Bonchev–Trinajstić information content (AvgIpc) is 2.95. The summed E-state index contributed by atoms with van der Waals surface area (Å²) in [5, 5.41) is 0. The van der Waals surface area contributed by atoms with Crippen molar-refractivity contribution in [3.63, 3.8) is 0 Å². The minimum absolute atomic E-state index is 0.00458. The van der Waals surface area contributed by atoms with Gasteiger partial charge in [-0.15, -0.1) is 0 Å². The number of hydrogen-bond donors (Lipinski definition) is 0. The largest absolute Gasteiger partial charge is 0.483 e. The molecule has 0 fully saturated rings. The Morgan fingerprint density at radius 2 is 2.00 bits per heavy atom. The molecule has 27 heavy (non-hydrogen) atoms. The zero-order valence-corrected chi connectivity index (χ0v) is 16.5. The van der Waals surface area contributed by atoms with E-state index in [1.807, 2.05) is 36.7 Å². The number of aryl methyl sites for hydroxylation is 3. The van der Waals surface area contributed by atoms with Gasteiger partial charge in [-0.05, 0) is 43.9 Å². The number of carbonyl (C=O) groups excluding carboxylic acids is 1. The molecule has 2 heterocycles. The molecule has 3 aromatic rings. The maximum absolute atomic E-state index is 12.8. The number of aromatic nitrogens is 2. The third-order valence-electron chi connectivity index (χ3n) is 5.55. The molecule has 1 atom stereocenters. The molecule has 4 rings (SSSR count). The molecule has 5 nitrogen and oxygen atoms in total. The molecule has 2 aromatic carbocycles. The predicted octanol–water partition coefficient (Wildman–Crippen LogP) is 3.96. The van der Waals surface area contributed by atoms with Crippen LogP contribution in [0.2, 0.25) is 0 Å². The van der Waals surface area contributed by atoms with E-state index in [4.69, 9.17) is 9.72 Å². The first-order chi connectivity index (χ1) is 12.9. The molecule has 1 aliphatic heterocycles. The fourth-order valence-electron chi connectivity index (χ4n) is 3.90. The first-order valence-corrected chi connectivity index (χ1v) is 9.31. The molecule has 0 unspecified atom stereocenters. The summed E-state index contributed by atoms with van der Waals surface area (Å²) in [4.78, 5) is 19.2. The van der Waals surface area contributed by atoms with E-state index in [-0.39, 0.29) is 12.0 Å². The van der Waals surface area contributed by atoms with E-state index in [1.165, 1.54) is 11.1 Å².